The molecule has 0 amide bonds. The summed E-state index contributed by atoms with van der Waals surface area (Å²) >= 11 is 0. The zero-order valence-corrected chi connectivity index (χ0v) is 37.4. The number of methoxy groups -OCH3 is 1. The number of benzene rings is 4. The van der Waals surface area contributed by atoms with Gasteiger partial charge in [0.1, 0.15) is 41.1 Å². The van der Waals surface area contributed by atoms with Crippen molar-refractivity contribution in [2.75, 3.05) is 13.7 Å². The molecule has 4 aromatic heterocycles. The molecule has 6 atom stereocenters. The molecule has 1 aliphatic heterocycles. The van der Waals surface area contributed by atoms with Crippen LogP contribution in [0.5, 0.6) is 17.2 Å². The molecule has 11 rings (SSSR count). The number of aliphatic hydroxyl groups is 3. The number of phenols is 2. The number of carbonyl (C=O) groups is 3. The number of aromatic amines is 2. The minimum Gasteiger partial charge on any atom is -0.507 e. The van der Waals surface area contributed by atoms with Gasteiger partial charge in [0.25, 0.3) is 0 Å². The summed E-state index contributed by atoms with van der Waals surface area (Å²) in [6.45, 7) is 2.53. The van der Waals surface area contributed by atoms with Gasteiger partial charge in [0.15, 0.2) is 17.9 Å². The minimum absolute atomic E-state index is 0. The van der Waals surface area contributed by atoms with E-state index >= 15 is 0 Å². The lowest BCUT2D eigenvalue weighted by molar-refractivity contribution is -0.247. The second-order valence-corrected chi connectivity index (χ2v) is 17.1. The van der Waals surface area contributed by atoms with Gasteiger partial charge in [-0.3, -0.25) is 24.4 Å². The molecule has 2 aliphatic carbocycles. The molecule has 0 radical (unpaired) electrons. The Morgan fingerprint density at radius 1 is 0.926 bits per heavy atom. The number of aryl methyl sites for hydroxylation is 1. The summed E-state index contributed by atoms with van der Waals surface area (Å²) in [6, 6.07) is 16.2. The van der Waals surface area contributed by atoms with Crippen LogP contribution >= 0.6 is 12.4 Å². The van der Waals surface area contributed by atoms with Crippen molar-refractivity contribution in [3.8, 4) is 28.6 Å². The lowest BCUT2D eigenvalue weighted by atomic mass is 9.72. The third-order valence-corrected chi connectivity index (χ3v) is 13.1. The van der Waals surface area contributed by atoms with Crippen LogP contribution in [0.3, 0.4) is 0 Å². The fourth-order valence-electron chi connectivity index (χ4n) is 9.82. The first-order valence-electron chi connectivity index (χ1n) is 21.4. The molecule has 1 saturated heterocycles. The minimum atomic E-state index is -2.24. The monoisotopic (exact) mass is 946 g/mol. The van der Waals surface area contributed by atoms with Gasteiger partial charge in [-0.25, -0.2) is 9.37 Å². The smallest absolute Gasteiger partial charge is 0.202 e. The van der Waals surface area contributed by atoms with Crippen molar-refractivity contribution in [2.24, 2.45) is 5.73 Å². The van der Waals surface area contributed by atoms with Gasteiger partial charge in [-0.05, 0) is 62.4 Å². The molecule has 19 heteroatoms. The number of H-pyrrole nitrogens is 2. The van der Waals surface area contributed by atoms with Gasteiger partial charge in [0, 0.05) is 87.3 Å². The van der Waals surface area contributed by atoms with E-state index in [0.29, 0.717) is 5.82 Å². The highest BCUT2D eigenvalue weighted by Crippen LogP contribution is 2.52. The first kappa shape index (κ1) is 46.2. The number of hydrogen-bond donors (Lipinski definition) is 8. The highest BCUT2D eigenvalue weighted by Gasteiger charge is 2.50. The summed E-state index contributed by atoms with van der Waals surface area (Å²) in [5.74, 6) is -3.35. The van der Waals surface area contributed by atoms with Crippen LogP contribution in [-0.2, 0) is 20.7 Å². The Morgan fingerprint density at radius 3 is 2.34 bits per heavy atom. The maximum Gasteiger partial charge on any atom is 0.202 e. The highest BCUT2D eigenvalue weighted by molar-refractivity contribution is 6.31. The number of nitrogens with two attached hydrogens (primary N) is 1. The van der Waals surface area contributed by atoms with Crippen LogP contribution in [0.25, 0.3) is 55.1 Å². The zero-order chi connectivity index (χ0) is 47.2. The number of rotatable bonds is 6. The summed E-state index contributed by atoms with van der Waals surface area (Å²) < 4.78 is 30.9. The van der Waals surface area contributed by atoms with Crippen LogP contribution in [0.15, 0.2) is 73.1 Å². The van der Waals surface area contributed by atoms with Crippen molar-refractivity contribution in [1.82, 2.24) is 24.9 Å². The maximum absolute atomic E-state index is 13.9. The van der Waals surface area contributed by atoms with E-state index in [0.717, 1.165) is 55.0 Å². The predicted octanol–water partition coefficient (Wildman–Crippen LogP) is 5.68. The van der Waals surface area contributed by atoms with Crippen LogP contribution in [0.2, 0.25) is 0 Å². The number of hydrogen-bond acceptors (Lipinski definition) is 15. The molecule has 17 nitrogen and oxygen atoms in total. The van der Waals surface area contributed by atoms with Crippen molar-refractivity contribution in [2.45, 2.75) is 69.4 Å². The highest BCUT2D eigenvalue weighted by atomic mass is 35.5. The molecule has 350 valence electrons. The van der Waals surface area contributed by atoms with Gasteiger partial charge >= 0.3 is 0 Å². The normalized spacial score (nSPS) is 22.0. The molecule has 4 aromatic carbocycles. The molecule has 0 spiro atoms. The number of nitrogens with zero attached hydrogens (tertiary/aromatic N) is 3. The molecular formula is C49H44ClFN6O11. The number of pyridine rings is 2. The summed E-state index contributed by atoms with van der Waals surface area (Å²) in [7, 11) is 1.32. The molecular weight excluding hydrogens is 903 g/mol. The molecule has 5 heterocycles. The molecule has 3 aliphatic rings. The quantitative estimate of drug-likeness (QED) is 0.0736. The van der Waals surface area contributed by atoms with E-state index in [1.54, 1.807) is 31.5 Å². The van der Waals surface area contributed by atoms with Crippen LogP contribution in [0, 0.1) is 12.7 Å². The summed E-state index contributed by atoms with van der Waals surface area (Å²) in [5.41, 5.74) is 8.47. The SMILES string of the molecule is COc1cccc2c1C(=O)c1c(O)c3c(c(O)c1C2=O)CC(O)(C(=O)CO)CC3OC1CC(N)C(O)C(C)O1.Cc1[nH]c2ccc(F)cc2c1-c1nc2c3cccnc3c3ncccc3c2[nH]1.Cl. The molecule has 9 N–H and O–H groups in total. The van der Waals surface area contributed by atoms with E-state index in [4.69, 9.17) is 24.9 Å². The van der Waals surface area contributed by atoms with Crippen molar-refractivity contribution >= 4 is 73.5 Å². The summed E-state index contributed by atoms with van der Waals surface area (Å²) in [4.78, 5) is 60.5. The first-order valence-corrected chi connectivity index (χ1v) is 21.4. The fraction of sp³-hybridized carbons (Fsp3) is 0.265. The topological polar surface area (TPSA) is 276 Å². The van der Waals surface area contributed by atoms with Crippen molar-refractivity contribution in [3.63, 3.8) is 0 Å². The third kappa shape index (κ3) is 7.23. The van der Waals surface area contributed by atoms with E-state index in [9.17, 15) is 44.3 Å². The number of aromatic hydroxyl groups is 2. The molecule has 8 aromatic rings. The number of fused-ring (bicyclic) bond motifs is 10. The Hall–Kier alpha value is -6.90. The number of Topliss-reactive ketones (excluding diaryl/α,β-unsaturated/α-hetero) is 1. The average molecular weight is 947 g/mol. The number of aromatic nitrogens is 5. The number of halogens is 2. The van der Waals surface area contributed by atoms with Crippen LogP contribution in [-0.4, -0.2) is 112 Å². The van der Waals surface area contributed by atoms with Crippen LogP contribution in [0.1, 0.15) is 74.5 Å². The standard InChI is InChI=1S/C27H29NO11.C22H14FN5.ClH/c1-10-22(31)13(28)6-17(38-10)39-15-8-27(36,16(30)9-29)7-12-19(15)26(35)21-20(24(12)33)23(32)11-4-3-5-14(37-2)18(11)25(21)34;1-11-17(15-10-12(23)6-7-16(15)26-11)22-27-20-13-4-2-8-24-18(13)19-14(21(20)28-22)5-3-9-25-19;/h3-5,10,13,15,17,22,29,31,33,35-36H,6-9,28H2,1-2H3;2-10,26H,1H3,(H,27,28);1H. The van der Waals surface area contributed by atoms with Crippen molar-refractivity contribution in [3.05, 3.63) is 118 Å². The lowest BCUT2D eigenvalue weighted by Gasteiger charge is -2.42. The Morgan fingerprint density at radius 2 is 1.63 bits per heavy atom. The van der Waals surface area contributed by atoms with E-state index in [1.807, 2.05) is 31.2 Å². The predicted molar refractivity (Wildman–Crippen MR) is 248 cm³/mol. The van der Waals surface area contributed by atoms with Gasteiger partial charge in [-0.1, -0.05) is 12.1 Å². The number of aliphatic hydroxyl groups excluding tert-OH is 2. The largest absolute Gasteiger partial charge is 0.507 e. The van der Waals surface area contributed by atoms with E-state index < -0.39 is 95.7 Å². The Bertz CT molecular complexity index is 3310. The molecule has 1 fully saturated rings. The second kappa shape index (κ2) is 17.3. The maximum atomic E-state index is 13.9. The van der Waals surface area contributed by atoms with Crippen molar-refractivity contribution < 1.29 is 58.5 Å². The number of ether oxygens (including phenoxy) is 3. The van der Waals surface area contributed by atoms with Crippen molar-refractivity contribution in [1.29, 1.82) is 0 Å². The van der Waals surface area contributed by atoms with Gasteiger partial charge in [0.05, 0.1) is 64.2 Å². The second-order valence-electron chi connectivity index (χ2n) is 17.1. The lowest BCUT2D eigenvalue weighted by Crippen LogP contribution is -2.53. The van der Waals surface area contributed by atoms with Gasteiger partial charge in [-0.15, -0.1) is 12.4 Å². The number of imidazole rings is 1. The van der Waals surface area contributed by atoms with E-state index in [1.165, 1.54) is 31.4 Å². The van der Waals surface area contributed by atoms with Gasteiger partial charge in [0.2, 0.25) is 5.78 Å². The van der Waals surface area contributed by atoms with E-state index in [-0.39, 0.29) is 52.6 Å². The molecule has 0 saturated carbocycles. The number of nitrogens with one attached hydrogen (secondary N) is 2. The Labute approximate surface area is 391 Å². The fourth-order valence-corrected chi connectivity index (χ4v) is 9.82. The zero-order valence-electron chi connectivity index (χ0n) is 36.5. The first-order chi connectivity index (χ1) is 32.1. The summed E-state index contributed by atoms with van der Waals surface area (Å²) in [6.07, 6.45) is -1.59. The Balaban J connectivity index is 0.000000175. The average Bonchev–Trinajstić information content (AvgIpc) is 3.91. The number of ketones is 3. The molecule has 0 bridgehead atoms. The van der Waals surface area contributed by atoms with Gasteiger partial charge in [-0.2, -0.15) is 0 Å². The summed E-state index contributed by atoms with van der Waals surface area (Å²) in [5, 5.41) is 56.4. The number of phenolic OH excluding ortho intramolecular Hbond substituents is 2. The van der Waals surface area contributed by atoms with Crippen LogP contribution < -0.4 is 10.5 Å². The molecule has 6 unspecified atom stereocenters. The van der Waals surface area contributed by atoms with Crippen LogP contribution in [0.4, 0.5) is 4.39 Å². The number of carbonyl (C=O) groups excluding carboxylic acids is 3. The molecule has 68 heavy (non-hydrogen) atoms. The van der Waals surface area contributed by atoms with Gasteiger partial charge < -0.3 is 55.4 Å². The Kier molecular flexibility index (Phi) is 11.8. The van der Waals surface area contributed by atoms with E-state index in [2.05, 4.69) is 19.9 Å². The third-order valence-electron chi connectivity index (χ3n) is 13.1.